The lowest BCUT2D eigenvalue weighted by Gasteiger charge is -2.27. The van der Waals surface area contributed by atoms with Crippen molar-refractivity contribution in [1.29, 1.82) is 0 Å². The van der Waals surface area contributed by atoms with E-state index in [1.54, 1.807) is 30.3 Å². The summed E-state index contributed by atoms with van der Waals surface area (Å²) in [5, 5.41) is 0.566. The molecule has 0 atom stereocenters. The predicted octanol–water partition coefficient (Wildman–Crippen LogP) is 1.93. The molecule has 2 aromatic carbocycles. The summed E-state index contributed by atoms with van der Waals surface area (Å²) in [7, 11) is -3.76. The maximum atomic E-state index is 13.1. The highest BCUT2D eigenvalue weighted by Gasteiger charge is 2.29. The number of hydrazine groups is 1. The summed E-state index contributed by atoms with van der Waals surface area (Å²) in [5.41, 5.74) is 6.17. The number of sulfonamides is 1. The van der Waals surface area contributed by atoms with Gasteiger partial charge >= 0.3 is 0 Å². The number of rotatable bonds is 6. The van der Waals surface area contributed by atoms with E-state index in [4.69, 9.17) is 16.3 Å². The van der Waals surface area contributed by atoms with E-state index in [1.807, 2.05) is 6.92 Å². The average Bonchev–Trinajstić information content (AvgIpc) is 2.79. The Balaban J connectivity index is 1.70. The second-order valence-corrected chi connectivity index (χ2v) is 9.34. The molecule has 3 rings (SSSR count). The minimum absolute atomic E-state index is 0.0584. The van der Waals surface area contributed by atoms with Crippen LogP contribution < -0.4 is 10.9 Å². The topological polar surface area (TPSA) is 105 Å². The fourth-order valence-corrected chi connectivity index (χ4v) is 5.04. The Hall–Kier alpha value is -2.46. The van der Waals surface area contributed by atoms with Crippen molar-refractivity contribution in [2.45, 2.75) is 24.7 Å². The molecular formula is C21H24ClN3O5S. The van der Waals surface area contributed by atoms with Crippen LogP contribution in [0.15, 0.2) is 47.4 Å². The number of hydrogen-bond acceptors (Lipinski definition) is 5. The van der Waals surface area contributed by atoms with Crippen LogP contribution in [0.1, 0.15) is 28.4 Å². The summed E-state index contributed by atoms with van der Waals surface area (Å²) < 4.78 is 32.8. The molecule has 31 heavy (non-hydrogen) atoms. The molecule has 1 heterocycles. The number of morpholine rings is 1. The number of carbonyl (C=O) groups is 2. The smallest absolute Gasteiger partial charge is 0.269 e. The molecule has 8 nitrogen and oxygen atoms in total. The van der Waals surface area contributed by atoms with Crippen molar-refractivity contribution in [1.82, 2.24) is 15.2 Å². The maximum absolute atomic E-state index is 13.1. The van der Waals surface area contributed by atoms with E-state index in [-0.39, 0.29) is 30.0 Å². The van der Waals surface area contributed by atoms with Gasteiger partial charge in [0.2, 0.25) is 15.9 Å². The number of nitrogens with zero attached hydrogens (tertiary/aromatic N) is 1. The highest BCUT2D eigenvalue weighted by molar-refractivity contribution is 7.89. The predicted molar refractivity (Wildman–Crippen MR) is 116 cm³/mol. The first-order valence-corrected chi connectivity index (χ1v) is 11.7. The zero-order chi connectivity index (χ0) is 22.4. The lowest BCUT2D eigenvalue weighted by Crippen LogP contribution is -2.43. The molecule has 2 N–H and O–H groups in total. The monoisotopic (exact) mass is 465 g/mol. The molecule has 10 heteroatoms. The molecule has 1 aliphatic rings. The molecule has 0 bridgehead atoms. The van der Waals surface area contributed by atoms with E-state index in [2.05, 4.69) is 10.9 Å². The van der Waals surface area contributed by atoms with Crippen molar-refractivity contribution in [2.75, 3.05) is 26.3 Å². The van der Waals surface area contributed by atoms with Crippen LogP contribution >= 0.6 is 11.6 Å². The van der Waals surface area contributed by atoms with Crippen LogP contribution in [0.3, 0.4) is 0 Å². The molecule has 0 aromatic heterocycles. The highest BCUT2D eigenvalue weighted by atomic mass is 35.5. The number of carbonyl (C=O) groups excluding carboxylic acids is 2. The SMILES string of the molecule is CCc1ccc(C(=O)NNC(=O)Cc2ccc(Cl)cc2)cc1S(=O)(=O)N1CCOCC1. The summed E-state index contributed by atoms with van der Waals surface area (Å²) in [6.07, 6.45) is 0.557. The van der Waals surface area contributed by atoms with Gasteiger partial charge in [0.1, 0.15) is 0 Å². The number of aryl methyl sites for hydroxylation is 1. The van der Waals surface area contributed by atoms with Crippen LogP contribution in [0.2, 0.25) is 5.02 Å². The van der Waals surface area contributed by atoms with Crippen LogP contribution in [0.25, 0.3) is 0 Å². The number of benzene rings is 2. The van der Waals surface area contributed by atoms with Gasteiger partial charge in [-0.05, 0) is 41.8 Å². The Labute approximate surface area is 186 Å². The standard InChI is InChI=1S/C21H24ClN3O5S/c1-2-16-5-6-17(14-19(16)31(28,29)25-9-11-30-12-10-25)21(27)24-23-20(26)13-15-3-7-18(22)8-4-15/h3-8,14H,2,9-13H2,1H3,(H,23,26)(H,24,27). The fourth-order valence-electron chi connectivity index (χ4n) is 3.18. The Kier molecular flexibility index (Phi) is 7.66. The van der Waals surface area contributed by atoms with E-state index in [1.165, 1.54) is 16.4 Å². The van der Waals surface area contributed by atoms with E-state index in [0.29, 0.717) is 30.2 Å². The van der Waals surface area contributed by atoms with Crippen LogP contribution in [-0.4, -0.2) is 50.8 Å². The molecule has 1 fully saturated rings. The summed E-state index contributed by atoms with van der Waals surface area (Å²) in [5.74, 6) is -1.02. The fraction of sp³-hybridized carbons (Fsp3) is 0.333. The van der Waals surface area contributed by atoms with Gasteiger partial charge in [-0.1, -0.05) is 36.7 Å². The van der Waals surface area contributed by atoms with E-state index in [9.17, 15) is 18.0 Å². The normalized spacial score (nSPS) is 14.8. The van der Waals surface area contributed by atoms with Crippen molar-refractivity contribution in [2.24, 2.45) is 0 Å². The molecule has 0 unspecified atom stereocenters. The van der Waals surface area contributed by atoms with E-state index >= 15 is 0 Å². The van der Waals surface area contributed by atoms with Crippen LogP contribution in [0.4, 0.5) is 0 Å². The number of amides is 2. The van der Waals surface area contributed by atoms with Crippen LogP contribution in [0, 0.1) is 0 Å². The van der Waals surface area contributed by atoms with Crippen molar-refractivity contribution >= 4 is 33.4 Å². The van der Waals surface area contributed by atoms with Crippen molar-refractivity contribution in [3.8, 4) is 0 Å². The molecule has 0 aliphatic carbocycles. The number of ether oxygens (including phenoxy) is 1. The summed E-state index contributed by atoms with van der Waals surface area (Å²) in [6.45, 7) is 3.05. The summed E-state index contributed by atoms with van der Waals surface area (Å²) in [6, 6.07) is 11.3. The molecule has 0 spiro atoms. The minimum Gasteiger partial charge on any atom is -0.379 e. The lowest BCUT2D eigenvalue weighted by atomic mass is 10.1. The second kappa shape index (κ2) is 10.2. The molecule has 2 aromatic rings. The zero-order valence-electron chi connectivity index (χ0n) is 17.1. The highest BCUT2D eigenvalue weighted by Crippen LogP contribution is 2.23. The number of nitrogens with one attached hydrogen (secondary N) is 2. The van der Waals surface area contributed by atoms with Gasteiger partial charge in [0.15, 0.2) is 0 Å². The molecule has 166 valence electrons. The zero-order valence-corrected chi connectivity index (χ0v) is 18.6. The molecule has 1 aliphatic heterocycles. The summed E-state index contributed by atoms with van der Waals surface area (Å²) in [4.78, 5) is 24.7. The average molecular weight is 466 g/mol. The molecule has 1 saturated heterocycles. The molecule has 2 amide bonds. The third-order valence-corrected chi connectivity index (χ3v) is 7.12. The van der Waals surface area contributed by atoms with Crippen molar-refractivity contribution in [3.63, 3.8) is 0 Å². The van der Waals surface area contributed by atoms with Gasteiger partial charge in [-0.15, -0.1) is 0 Å². The number of halogens is 1. The first-order chi connectivity index (χ1) is 14.8. The van der Waals surface area contributed by atoms with Gasteiger partial charge in [0, 0.05) is 23.7 Å². The largest absolute Gasteiger partial charge is 0.379 e. The Morgan fingerprint density at radius 2 is 1.74 bits per heavy atom. The second-order valence-electron chi connectivity index (χ2n) is 7.00. The molecule has 0 saturated carbocycles. The van der Waals surface area contributed by atoms with Crippen LogP contribution in [-0.2, 0) is 32.4 Å². The first kappa shape index (κ1) is 23.2. The van der Waals surface area contributed by atoms with Gasteiger partial charge in [-0.2, -0.15) is 4.31 Å². The summed E-state index contributed by atoms with van der Waals surface area (Å²) >= 11 is 5.83. The first-order valence-electron chi connectivity index (χ1n) is 9.85. The Bertz CT molecular complexity index is 1050. The van der Waals surface area contributed by atoms with Crippen molar-refractivity contribution in [3.05, 3.63) is 64.2 Å². The quantitative estimate of drug-likeness (QED) is 0.634. The Morgan fingerprint density at radius 3 is 2.39 bits per heavy atom. The maximum Gasteiger partial charge on any atom is 0.269 e. The van der Waals surface area contributed by atoms with E-state index in [0.717, 1.165) is 5.56 Å². The molecule has 0 radical (unpaired) electrons. The van der Waals surface area contributed by atoms with Gasteiger partial charge in [-0.3, -0.25) is 20.4 Å². The van der Waals surface area contributed by atoms with Crippen LogP contribution in [0.5, 0.6) is 0 Å². The van der Waals surface area contributed by atoms with Gasteiger partial charge < -0.3 is 4.74 Å². The minimum atomic E-state index is -3.76. The number of hydrogen-bond donors (Lipinski definition) is 2. The van der Waals surface area contributed by atoms with Gasteiger partial charge in [-0.25, -0.2) is 8.42 Å². The molecular weight excluding hydrogens is 442 g/mol. The third kappa shape index (κ3) is 5.82. The van der Waals surface area contributed by atoms with Gasteiger partial charge in [0.25, 0.3) is 5.91 Å². The Morgan fingerprint density at radius 1 is 1.06 bits per heavy atom. The van der Waals surface area contributed by atoms with E-state index < -0.39 is 21.8 Å². The lowest BCUT2D eigenvalue weighted by molar-refractivity contribution is -0.121. The van der Waals surface area contributed by atoms with Gasteiger partial charge in [0.05, 0.1) is 24.5 Å². The third-order valence-electron chi connectivity index (χ3n) is 4.89. The van der Waals surface area contributed by atoms with Crippen molar-refractivity contribution < 1.29 is 22.7 Å².